The maximum atomic E-state index is 12.7. The maximum absolute atomic E-state index is 12.7. The Morgan fingerprint density at radius 1 is 1.21 bits per heavy atom. The highest BCUT2D eigenvalue weighted by Crippen LogP contribution is 2.23. The summed E-state index contributed by atoms with van der Waals surface area (Å²) in [4.78, 5) is 16.9. The Balaban J connectivity index is 1.99. The molecule has 1 aromatic rings. The van der Waals surface area contributed by atoms with Gasteiger partial charge in [-0.15, -0.1) is 0 Å². The molecular weight excluding hydrogens is 302 g/mol. The number of amides is 2. The van der Waals surface area contributed by atoms with Crippen LogP contribution in [-0.2, 0) is 5.54 Å². The van der Waals surface area contributed by atoms with Gasteiger partial charge in [-0.2, -0.15) is 0 Å². The van der Waals surface area contributed by atoms with Crippen LogP contribution in [0.3, 0.4) is 0 Å². The minimum Gasteiger partial charge on any atom is -0.497 e. The van der Waals surface area contributed by atoms with Crippen molar-refractivity contribution in [2.24, 2.45) is 0 Å². The van der Waals surface area contributed by atoms with Crippen molar-refractivity contribution in [1.82, 2.24) is 15.1 Å². The third-order valence-corrected chi connectivity index (χ3v) is 4.95. The van der Waals surface area contributed by atoms with E-state index in [2.05, 4.69) is 24.3 Å². The lowest BCUT2D eigenvalue weighted by Crippen LogP contribution is -2.48. The molecule has 0 aromatic heterocycles. The molecule has 0 bridgehead atoms. The van der Waals surface area contributed by atoms with Crippen LogP contribution in [0.15, 0.2) is 24.3 Å². The highest BCUT2D eigenvalue weighted by atomic mass is 16.5. The average molecular weight is 333 g/mol. The largest absolute Gasteiger partial charge is 0.497 e. The van der Waals surface area contributed by atoms with E-state index in [-0.39, 0.29) is 6.03 Å². The first-order chi connectivity index (χ1) is 11.3. The van der Waals surface area contributed by atoms with E-state index < -0.39 is 5.54 Å². The average Bonchev–Trinajstić information content (AvgIpc) is 2.80. The van der Waals surface area contributed by atoms with Gasteiger partial charge in [-0.25, -0.2) is 4.79 Å². The molecule has 0 saturated carbocycles. The number of nitrogens with one attached hydrogen (secondary N) is 1. The number of hydrogen-bond donors (Lipinski definition) is 1. The van der Waals surface area contributed by atoms with Gasteiger partial charge in [0.25, 0.3) is 0 Å². The van der Waals surface area contributed by atoms with E-state index >= 15 is 0 Å². The van der Waals surface area contributed by atoms with Gasteiger partial charge >= 0.3 is 6.03 Å². The fourth-order valence-electron chi connectivity index (χ4n) is 3.22. The maximum Gasteiger partial charge on any atom is 0.318 e. The number of likely N-dealkylation sites (tertiary alicyclic amines) is 1. The van der Waals surface area contributed by atoms with Gasteiger partial charge in [-0.05, 0) is 64.9 Å². The van der Waals surface area contributed by atoms with E-state index in [4.69, 9.17) is 4.74 Å². The molecule has 1 aliphatic rings. The molecule has 1 heterocycles. The summed E-state index contributed by atoms with van der Waals surface area (Å²) in [7, 11) is 5.89. The predicted molar refractivity (Wildman–Crippen MR) is 97.5 cm³/mol. The second-order valence-corrected chi connectivity index (χ2v) is 7.32. The van der Waals surface area contributed by atoms with Crippen molar-refractivity contribution in [3.63, 3.8) is 0 Å². The summed E-state index contributed by atoms with van der Waals surface area (Å²) in [5, 5.41) is 3.18. The Morgan fingerprint density at radius 3 is 2.46 bits per heavy atom. The zero-order chi connectivity index (χ0) is 17.7. The minimum atomic E-state index is -0.420. The fourth-order valence-corrected chi connectivity index (χ4v) is 3.22. The van der Waals surface area contributed by atoms with Crippen LogP contribution < -0.4 is 10.1 Å². The van der Waals surface area contributed by atoms with Crippen molar-refractivity contribution in [2.45, 2.75) is 44.7 Å². The van der Waals surface area contributed by atoms with Crippen LogP contribution in [0.2, 0.25) is 0 Å². The lowest BCUT2D eigenvalue weighted by Gasteiger charge is -2.31. The number of hydrogen-bond acceptors (Lipinski definition) is 3. The molecule has 5 nitrogen and oxygen atoms in total. The Kier molecular flexibility index (Phi) is 6.10. The number of carbonyl (C=O) groups excluding carboxylic acids is 1. The molecule has 0 aliphatic carbocycles. The highest BCUT2D eigenvalue weighted by molar-refractivity contribution is 5.75. The SMILES string of the molecule is COc1ccc(C(C)(C)NC(=O)N2CCCC(N(C)C)CC2)cc1. The second-order valence-electron chi connectivity index (χ2n) is 7.32. The van der Waals surface area contributed by atoms with Crippen LogP contribution in [0, 0.1) is 0 Å². The van der Waals surface area contributed by atoms with Crippen LogP contribution in [0.5, 0.6) is 5.75 Å². The molecule has 1 aromatic carbocycles. The summed E-state index contributed by atoms with van der Waals surface area (Å²) in [5.41, 5.74) is 0.647. The molecule has 24 heavy (non-hydrogen) atoms. The molecule has 1 atom stereocenters. The topological polar surface area (TPSA) is 44.8 Å². The van der Waals surface area contributed by atoms with Crippen LogP contribution in [-0.4, -0.2) is 56.2 Å². The van der Waals surface area contributed by atoms with E-state index in [9.17, 15) is 4.79 Å². The second kappa shape index (κ2) is 7.88. The molecule has 0 radical (unpaired) electrons. The first-order valence-electron chi connectivity index (χ1n) is 8.71. The molecule has 1 aliphatic heterocycles. The normalized spacial score (nSPS) is 19.1. The van der Waals surface area contributed by atoms with Gasteiger partial charge < -0.3 is 19.9 Å². The Labute approximate surface area is 146 Å². The molecule has 2 amide bonds. The van der Waals surface area contributed by atoms with Gasteiger partial charge in [-0.1, -0.05) is 12.1 Å². The summed E-state index contributed by atoms with van der Waals surface area (Å²) in [6.45, 7) is 5.71. The first-order valence-corrected chi connectivity index (χ1v) is 8.71. The number of rotatable bonds is 4. The minimum absolute atomic E-state index is 0.0234. The van der Waals surface area contributed by atoms with Gasteiger partial charge in [0.05, 0.1) is 12.6 Å². The van der Waals surface area contributed by atoms with E-state index in [1.807, 2.05) is 43.0 Å². The summed E-state index contributed by atoms with van der Waals surface area (Å²) in [6, 6.07) is 8.45. The smallest absolute Gasteiger partial charge is 0.318 e. The molecule has 1 unspecified atom stereocenters. The monoisotopic (exact) mass is 333 g/mol. The lowest BCUT2D eigenvalue weighted by atomic mass is 9.94. The number of methoxy groups -OCH3 is 1. The number of urea groups is 1. The number of ether oxygens (including phenoxy) is 1. The van der Waals surface area contributed by atoms with E-state index in [1.54, 1.807) is 7.11 Å². The third-order valence-electron chi connectivity index (χ3n) is 4.95. The lowest BCUT2D eigenvalue weighted by molar-refractivity contribution is 0.186. The Hall–Kier alpha value is -1.75. The molecule has 2 rings (SSSR count). The third kappa shape index (κ3) is 4.63. The highest BCUT2D eigenvalue weighted by Gasteiger charge is 2.27. The molecular formula is C19H31N3O2. The van der Waals surface area contributed by atoms with Crippen molar-refractivity contribution in [2.75, 3.05) is 34.3 Å². The standard InChI is InChI=1S/C19H31N3O2/c1-19(2,15-8-10-17(24-5)11-9-15)20-18(23)22-13-6-7-16(12-14-22)21(3)4/h8-11,16H,6-7,12-14H2,1-5H3,(H,20,23). The summed E-state index contributed by atoms with van der Waals surface area (Å²) < 4.78 is 5.20. The van der Waals surface area contributed by atoms with Crippen LogP contribution in [0.1, 0.15) is 38.7 Å². The van der Waals surface area contributed by atoms with Crippen molar-refractivity contribution < 1.29 is 9.53 Å². The van der Waals surface area contributed by atoms with E-state index in [0.29, 0.717) is 6.04 Å². The first kappa shape index (κ1) is 18.6. The fraction of sp³-hybridized carbons (Fsp3) is 0.632. The molecule has 134 valence electrons. The van der Waals surface area contributed by atoms with Crippen LogP contribution in [0.4, 0.5) is 4.79 Å². The van der Waals surface area contributed by atoms with Crippen molar-refractivity contribution in [3.8, 4) is 5.75 Å². The van der Waals surface area contributed by atoms with Gasteiger partial charge in [0, 0.05) is 19.1 Å². The molecule has 5 heteroatoms. The van der Waals surface area contributed by atoms with Gasteiger partial charge in [0.1, 0.15) is 5.75 Å². The van der Waals surface area contributed by atoms with Crippen molar-refractivity contribution in [1.29, 1.82) is 0 Å². The summed E-state index contributed by atoms with van der Waals surface area (Å²) >= 11 is 0. The molecule has 0 spiro atoms. The quantitative estimate of drug-likeness (QED) is 0.921. The van der Waals surface area contributed by atoms with E-state index in [0.717, 1.165) is 43.7 Å². The van der Waals surface area contributed by atoms with Gasteiger partial charge in [0.15, 0.2) is 0 Å². The van der Waals surface area contributed by atoms with Gasteiger partial charge in [0.2, 0.25) is 0 Å². The van der Waals surface area contributed by atoms with Gasteiger partial charge in [-0.3, -0.25) is 0 Å². The van der Waals surface area contributed by atoms with Crippen LogP contribution in [0.25, 0.3) is 0 Å². The number of carbonyl (C=O) groups is 1. The number of nitrogens with zero attached hydrogens (tertiary/aromatic N) is 2. The van der Waals surface area contributed by atoms with Crippen LogP contribution >= 0.6 is 0 Å². The summed E-state index contributed by atoms with van der Waals surface area (Å²) in [6.07, 6.45) is 3.24. The molecule has 1 saturated heterocycles. The van der Waals surface area contributed by atoms with Crippen molar-refractivity contribution >= 4 is 6.03 Å². The zero-order valence-corrected chi connectivity index (χ0v) is 15.6. The van der Waals surface area contributed by atoms with E-state index in [1.165, 1.54) is 0 Å². The molecule has 1 N–H and O–H groups in total. The van der Waals surface area contributed by atoms with Crippen molar-refractivity contribution in [3.05, 3.63) is 29.8 Å². The zero-order valence-electron chi connectivity index (χ0n) is 15.6. The molecule has 1 fully saturated rings. The number of benzene rings is 1. The summed E-state index contributed by atoms with van der Waals surface area (Å²) in [5.74, 6) is 0.822. The Bertz CT molecular complexity index is 540. The predicted octanol–water partition coefficient (Wildman–Crippen LogP) is 3.06. The Morgan fingerprint density at radius 2 is 1.88 bits per heavy atom.